The second-order valence-electron chi connectivity index (χ2n) is 5.50. The number of alkyl halides is 4. The molecule has 3 fully saturated rings. The molecule has 3 rings (SSSR count). The van der Waals surface area contributed by atoms with Gasteiger partial charge in [0.25, 0.3) is 0 Å². The zero-order valence-corrected chi connectivity index (χ0v) is 15.4. The number of halogens is 4. The highest BCUT2D eigenvalue weighted by molar-refractivity contribution is 9.12. The highest BCUT2D eigenvalue weighted by Crippen LogP contribution is 2.62. The first kappa shape index (κ1) is 13.4. The SMILES string of the molecule is O=C1NC23C[C@@H](Br)[C@H](Br)CC12C[C@H](Br)[C@H](Br)C3. The fourth-order valence-electron chi connectivity index (χ4n) is 3.69. The molecule has 2 unspecified atom stereocenters. The van der Waals surface area contributed by atoms with E-state index < -0.39 is 0 Å². The number of carbonyl (C=O) groups excluding carboxylic acids is 1. The van der Waals surface area contributed by atoms with Crippen LogP contribution in [0.5, 0.6) is 0 Å². The maximum absolute atomic E-state index is 12.1. The average molecular weight is 495 g/mol. The van der Waals surface area contributed by atoms with E-state index in [-0.39, 0.29) is 16.9 Å². The van der Waals surface area contributed by atoms with Gasteiger partial charge >= 0.3 is 0 Å². The molecule has 0 aromatic heterocycles. The molecule has 2 aliphatic carbocycles. The van der Waals surface area contributed by atoms with Crippen LogP contribution in [0.15, 0.2) is 0 Å². The minimum atomic E-state index is -0.149. The van der Waals surface area contributed by atoms with E-state index in [1.54, 1.807) is 0 Å². The largest absolute Gasteiger partial charge is 0.349 e. The Bertz CT molecular complexity index is 354. The van der Waals surface area contributed by atoms with E-state index in [2.05, 4.69) is 69.0 Å². The summed E-state index contributed by atoms with van der Waals surface area (Å²) in [7, 11) is 0. The average Bonchev–Trinajstić information content (AvgIpc) is 2.24. The Balaban J connectivity index is 1.97. The minimum absolute atomic E-state index is 0.0148. The molecule has 1 aliphatic heterocycles. The summed E-state index contributed by atoms with van der Waals surface area (Å²) < 4.78 is 0. The lowest BCUT2D eigenvalue weighted by Gasteiger charge is -2.67. The standard InChI is InChI=1S/C11H13Br4NO/c12-5-1-10-2-6(13)8(15)4-11(10,3-7(5)14)16-9(10)17/h5-8H,1-4H2,(H,16,17)/t5-,6+,7-,8-,10?,11?/m1/s1. The van der Waals surface area contributed by atoms with Crippen LogP contribution >= 0.6 is 63.7 Å². The molecule has 6 atom stereocenters. The number of carbonyl (C=O) groups is 1. The summed E-state index contributed by atoms with van der Waals surface area (Å²) in [5.74, 6) is 0.255. The van der Waals surface area contributed by atoms with Crippen molar-refractivity contribution in [3.8, 4) is 0 Å². The van der Waals surface area contributed by atoms with Crippen LogP contribution in [0.1, 0.15) is 25.7 Å². The van der Waals surface area contributed by atoms with Crippen molar-refractivity contribution >= 4 is 69.6 Å². The molecular formula is C11H13Br4NO. The Labute approximate surface area is 135 Å². The van der Waals surface area contributed by atoms with Crippen molar-refractivity contribution in [1.82, 2.24) is 5.32 Å². The summed E-state index contributed by atoms with van der Waals surface area (Å²) in [4.78, 5) is 13.8. The predicted octanol–water partition coefficient (Wildman–Crippen LogP) is 3.48. The molecule has 0 bridgehead atoms. The van der Waals surface area contributed by atoms with Gasteiger partial charge in [0.2, 0.25) is 5.91 Å². The topological polar surface area (TPSA) is 29.1 Å². The molecule has 0 spiro atoms. The van der Waals surface area contributed by atoms with Gasteiger partial charge in [-0.05, 0) is 25.7 Å². The van der Waals surface area contributed by atoms with Crippen molar-refractivity contribution in [2.75, 3.05) is 0 Å². The summed E-state index contributed by atoms with van der Waals surface area (Å²) >= 11 is 14.9. The molecule has 1 saturated heterocycles. The predicted molar refractivity (Wildman–Crippen MR) is 82.6 cm³/mol. The first-order valence-corrected chi connectivity index (χ1v) is 9.45. The lowest BCUT2D eigenvalue weighted by molar-refractivity contribution is -0.167. The number of β-lactam (4-membered cyclic amide) rings is 1. The van der Waals surface area contributed by atoms with Crippen molar-refractivity contribution in [2.24, 2.45) is 5.41 Å². The number of nitrogens with one attached hydrogen (secondary N) is 1. The third-order valence-electron chi connectivity index (χ3n) is 4.66. The van der Waals surface area contributed by atoms with Crippen molar-refractivity contribution in [3.05, 3.63) is 0 Å². The van der Waals surface area contributed by atoms with Crippen molar-refractivity contribution in [2.45, 2.75) is 50.5 Å². The molecule has 0 aromatic carbocycles. The molecule has 6 heteroatoms. The Hall–Kier alpha value is 1.39. The lowest BCUT2D eigenvalue weighted by Crippen LogP contribution is -2.82. The van der Waals surface area contributed by atoms with E-state index in [1.165, 1.54) is 0 Å². The first-order chi connectivity index (χ1) is 7.90. The van der Waals surface area contributed by atoms with Gasteiger partial charge in [-0.15, -0.1) is 0 Å². The van der Waals surface area contributed by atoms with Crippen molar-refractivity contribution in [1.29, 1.82) is 0 Å². The van der Waals surface area contributed by atoms with E-state index in [4.69, 9.17) is 0 Å². The molecule has 0 aromatic rings. The Morgan fingerprint density at radius 3 is 1.71 bits per heavy atom. The van der Waals surface area contributed by atoms with Gasteiger partial charge in [0, 0.05) is 19.3 Å². The Kier molecular flexibility index (Phi) is 3.30. The maximum Gasteiger partial charge on any atom is 0.229 e. The van der Waals surface area contributed by atoms with E-state index in [9.17, 15) is 4.79 Å². The molecule has 2 nitrogen and oxygen atoms in total. The van der Waals surface area contributed by atoms with E-state index in [0.717, 1.165) is 25.7 Å². The molecule has 96 valence electrons. The normalized spacial score (nSPS) is 57.5. The molecule has 17 heavy (non-hydrogen) atoms. The summed E-state index contributed by atoms with van der Waals surface area (Å²) in [5.41, 5.74) is -0.134. The first-order valence-electron chi connectivity index (χ1n) is 5.79. The smallest absolute Gasteiger partial charge is 0.229 e. The summed E-state index contributed by atoms with van der Waals surface area (Å²) in [5, 5.41) is 3.21. The molecule has 2 saturated carbocycles. The molecule has 1 heterocycles. The van der Waals surface area contributed by atoms with Gasteiger partial charge < -0.3 is 5.32 Å². The highest BCUT2D eigenvalue weighted by Gasteiger charge is 2.71. The van der Waals surface area contributed by atoms with Gasteiger partial charge in [0.1, 0.15) is 0 Å². The van der Waals surface area contributed by atoms with E-state index in [0.29, 0.717) is 19.3 Å². The second kappa shape index (κ2) is 4.19. The van der Waals surface area contributed by atoms with Gasteiger partial charge in [-0.1, -0.05) is 63.7 Å². The van der Waals surface area contributed by atoms with Gasteiger partial charge in [0.05, 0.1) is 11.0 Å². The van der Waals surface area contributed by atoms with Gasteiger partial charge in [-0.2, -0.15) is 0 Å². The lowest BCUT2D eigenvalue weighted by atomic mass is 9.49. The summed E-state index contributed by atoms with van der Waals surface area (Å²) in [6.45, 7) is 0. The molecule has 0 radical (unpaired) electrons. The van der Waals surface area contributed by atoms with Crippen molar-refractivity contribution in [3.63, 3.8) is 0 Å². The molecule has 1 amide bonds. The highest BCUT2D eigenvalue weighted by atomic mass is 79.9. The number of hydrogen-bond donors (Lipinski definition) is 1. The molecule has 3 aliphatic rings. The zero-order valence-electron chi connectivity index (χ0n) is 9.06. The molecule has 1 N–H and O–H groups in total. The van der Waals surface area contributed by atoms with Gasteiger partial charge in [-0.25, -0.2) is 0 Å². The van der Waals surface area contributed by atoms with Crippen LogP contribution in [-0.4, -0.2) is 30.8 Å². The van der Waals surface area contributed by atoms with E-state index in [1.807, 2.05) is 0 Å². The zero-order chi connectivity index (χ0) is 12.4. The van der Waals surface area contributed by atoms with Crippen LogP contribution in [0.3, 0.4) is 0 Å². The van der Waals surface area contributed by atoms with Gasteiger partial charge in [0.15, 0.2) is 0 Å². The maximum atomic E-state index is 12.1. The Morgan fingerprint density at radius 1 is 0.882 bits per heavy atom. The fraction of sp³-hybridized carbons (Fsp3) is 0.909. The fourth-order valence-corrected chi connectivity index (χ4v) is 6.65. The second-order valence-corrected chi connectivity index (χ2v) is 10.2. The minimum Gasteiger partial charge on any atom is -0.349 e. The van der Waals surface area contributed by atoms with Gasteiger partial charge in [-0.3, -0.25) is 4.79 Å². The third-order valence-corrected chi connectivity index (χ3v) is 9.93. The van der Waals surface area contributed by atoms with Crippen LogP contribution in [0.25, 0.3) is 0 Å². The van der Waals surface area contributed by atoms with E-state index >= 15 is 0 Å². The summed E-state index contributed by atoms with van der Waals surface area (Å²) in [6, 6.07) is 0. The number of hydrogen-bond acceptors (Lipinski definition) is 1. The quantitative estimate of drug-likeness (QED) is 0.405. The van der Waals surface area contributed by atoms with Crippen molar-refractivity contribution < 1.29 is 4.79 Å². The summed E-state index contributed by atoms with van der Waals surface area (Å²) in [6.07, 6.45) is 3.93. The number of rotatable bonds is 0. The van der Waals surface area contributed by atoms with Crippen LogP contribution in [0, 0.1) is 5.41 Å². The Morgan fingerprint density at radius 2 is 1.29 bits per heavy atom. The van der Waals surface area contributed by atoms with Crippen LogP contribution in [0.2, 0.25) is 0 Å². The number of amides is 1. The third kappa shape index (κ3) is 1.69. The van der Waals surface area contributed by atoms with Crippen LogP contribution in [-0.2, 0) is 4.79 Å². The molecular weight excluding hydrogens is 482 g/mol. The monoisotopic (exact) mass is 491 g/mol. The van der Waals surface area contributed by atoms with Crippen LogP contribution < -0.4 is 5.32 Å². The van der Waals surface area contributed by atoms with Crippen LogP contribution in [0.4, 0.5) is 0 Å².